The molecule has 0 bridgehead atoms. The standard InChI is InChI=1S/C20H14ClN5OS/c21-18-6-13-11(7-22-16(13)9-24-18)5-19(27)26-20-25-17(10-28-20)14-8-23-15-4-2-1-3-12(14)15/h1-4,6-10,22-23H,5H2,(H,25,26,27). The average molecular weight is 408 g/mol. The van der Waals surface area contributed by atoms with Crippen LogP contribution in [0, 0.1) is 0 Å². The number of thiazole rings is 1. The SMILES string of the molecule is O=C(Cc1c[nH]c2cnc(Cl)cc12)Nc1nc(-c2c[nH]c3ccccc23)cs1. The molecular weight excluding hydrogens is 394 g/mol. The number of hydrogen-bond acceptors (Lipinski definition) is 4. The molecule has 3 N–H and O–H groups in total. The van der Waals surface area contributed by atoms with Crippen LogP contribution in [0.3, 0.4) is 0 Å². The molecule has 1 amide bonds. The van der Waals surface area contributed by atoms with Gasteiger partial charge >= 0.3 is 0 Å². The highest BCUT2D eigenvalue weighted by atomic mass is 35.5. The molecule has 5 rings (SSSR count). The van der Waals surface area contributed by atoms with Crippen molar-refractivity contribution < 1.29 is 4.79 Å². The summed E-state index contributed by atoms with van der Waals surface area (Å²) in [6, 6.07) is 9.82. The fourth-order valence-corrected chi connectivity index (χ4v) is 4.16. The summed E-state index contributed by atoms with van der Waals surface area (Å²) in [5, 5.41) is 7.81. The van der Waals surface area contributed by atoms with Gasteiger partial charge in [0, 0.05) is 39.6 Å². The number of carbonyl (C=O) groups excluding carboxylic acids is 1. The Kier molecular flexibility index (Phi) is 4.11. The number of carbonyl (C=O) groups is 1. The number of aromatic amines is 2. The number of pyridine rings is 1. The first-order chi connectivity index (χ1) is 13.7. The third-order valence-corrected chi connectivity index (χ3v) is 5.55. The Hall–Kier alpha value is -3.16. The van der Waals surface area contributed by atoms with Gasteiger partial charge in [-0.05, 0) is 17.7 Å². The van der Waals surface area contributed by atoms with Crippen molar-refractivity contribution in [3.05, 3.63) is 65.0 Å². The zero-order valence-electron chi connectivity index (χ0n) is 14.5. The van der Waals surface area contributed by atoms with E-state index in [-0.39, 0.29) is 12.3 Å². The predicted molar refractivity (Wildman–Crippen MR) is 113 cm³/mol. The highest BCUT2D eigenvalue weighted by Crippen LogP contribution is 2.31. The molecule has 5 aromatic rings. The van der Waals surface area contributed by atoms with Gasteiger partial charge in [0.15, 0.2) is 5.13 Å². The maximum atomic E-state index is 12.5. The molecule has 0 saturated carbocycles. The number of nitrogens with zero attached hydrogens (tertiary/aromatic N) is 2. The molecule has 0 aliphatic rings. The van der Waals surface area contributed by atoms with E-state index < -0.39 is 0 Å². The summed E-state index contributed by atoms with van der Waals surface area (Å²) >= 11 is 7.38. The number of halogens is 1. The van der Waals surface area contributed by atoms with E-state index in [1.165, 1.54) is 11.3 Å². The first-order valence-corrected chi connectivity index (χ1v) is 9.86. The molecular formula is C20H14ClN5OS. The monoisotopic (exact) mass is 407 g/mol. The van der Waals surface area contributed by atoms with E-state index in [1.54, 1.807) is 12.3 Å². The molecule has 1 aromatic carbocycles. The van der Waals surface area contributed by atoms with Gasteiger partial charge in [-0.25, -0.2) is 9.97 Å². The molecule has 0 saturated heterocycles. The highest BCUT2D eigenvalue weighted by molar-refractivity contribution is 7.14. The molecule has 6 nitrogen and oxygen atoms in total. The second kappa shape index (κ2) is 6.78. The van der Waals surface area contributed by atoms with Crippen LogP contribution in [0.2, 0.25) is 5.15 Å². The fraction of sp³-hybridized carbons (Fsp3) is 0.0500. The molecule has 28 heavy (non-hydrogen) atoms. The quantitative estimate of drug-likeness (QED) is 0.366. The van der Waals surface area contributed by atoms with E-state index in [4.69, 9.17) is 11.6 Å². The van der Waals surface area contributed by atoms with Crippen LogP contribution in [-0.4, -0.2) is 25.8 Å². The van der Waals surface area contributed by atoms with Crippen LogP contribution >= 0.6 is 22.9 Å². The molecule has 0 aliphatic heterocycles. The Morgan fingerprint density at radius 3 is 2.93 bits per heavy atom. The summed E-state index contributed by atoms with van der Waals surface area (Å²) in [5.41, 5.74) is 4.63. The summed E-state index contributed by atoms with van der Waals surface area (Å²) in [5.74, 6) is -0.131. The third kappa shape index (κ3) is 3.04. The number of para-hydroxylation sites is 1. The lowest BCUT2D eigenvalue weighted by Crippen LogP contribution is -2.14. The Balaban J connectivity index is 1.35. The molecule has 0 unspecified atom stereocenters. The number of hydrogen-bond donors (Lipinski definition) is 3. The van der Waals surface area contributed by atoms with Crippen LogP contribution in [0.1, 0.15) is 5.56 Å². The number of fused-ring (bicyclic) bond motifs is 2. The first kappa shape index (κ1) is 17.0. The molecule has 4 aromatic heterocycles. The molecule has 8 heteroatoms. The van der Waals surface area contributed by atoms with Gasteiger partial charge in [-0.2, -0.15) is 0 Å². The van der Waals surface area contributed by atoms with Crippen molar-refractivity contribution in [2.24, 2.45) is 0 Å². The normalized spacial score (nSPS) is 11.3. The minimum Gasteiger partial charge on any atom is -0.360 e. The van der Waals surface area contributed by atoms with Crippen LogP contribution in [0.5, 0.6) is 0 Å². The molecule has 0 fully saturated rings. The average Bonchev–Trinajstić information content (AvgIpc) is 3.40. The van der Waals surface area contributed by atoms with Crippen molar-refractivity contribution in [3.63, 3.8) is 0 Å². The van der Waals surface area contributed by atoms with Gasteiger partial charge in [0.1, 0.15) is 5.15 Å². The van der Waals surface area contributed by atoms with Gasteiger partial charge in [-0.15, -0.1) is 11.3 Å². The number of anilines is 1. The van der Waals surface area contributed by atoms with Crippen molar-refractivity contribution in [1.82, 2.24) is 19.9 Å². The first-order valence-electron chi connectivity index (χ1n) is 8.61. The smallest absolute Gasteiger partial charge is 0.230 e. The Morgan fingerprint density at radius 1 is 1.14 bits per heavy atom. The van der Waals surface area contributed by atoms with Crippen molar-refractivity contribution >= 4 is 55.8 Å². The van der Waals surface area contributed by atoms with Gasteiger partial charge in [0.2, 0.25) is 5.91 Å². The van der Waals surface area contributed by atoms with Crippen LogP contribution in [0.25, 0.3) is 33.1 Å². The van der Waals surface area contributed by atoms with Gasteiger partial charge in [0.05, 0.1) is 23.8 Å². The maximum absolute atomic E-state index is 12.5. The summed E-state index contributed by atoms with van der Waals surface area (Å²) in [6.45, 7) is 0. The van der Waals surface area contributed by atoms with E-state index in [1.807, 2.05) is 36.0 Å². The molecule has 4 heterocycles. The fourth-order valence-electron chi connectivity index (χ4n) is 3.27. The van der Waals surface area contributed by atoms with Crippen molar-refractivity contribution in [2.45, 2.75) is 6.42 Å². The Labute approximate surface area is 168 Å². The number of aromatic nitrogens is 4. The van der Waals surface area contributed by atoms with E-state index in [2.05, 4.69) is 31.3 Å². The Bertz CT molecular complexity index is 1320. The lowest BCUT2D eigenvalue weighted by molar-refractivity contribution is -0.115. The second-order valence-corrected chi connectivity index (χ2v) is 7.62. The minimum absolute atomic E-state index is 0.131. The van der Waals surface area contributed by atoms with Crippen molar-refractivity contribution in [1.29, 1.82) is 0 Å². The van der Waals surface area contributed by atoms with E-state index in [9.17, 15) is 4.79 Å². The highest BCUT2D eigenvalue weighted by Gasteiger charge is 2.13. The van der Waals surface area contributed by atoms with E-state index in [0.29, 0.717) is 10.3 Å². The Morgan fingerprint density at radius 2 is 2.00 bits per heavy atom. The summed E-state index contributed by atoms with van der Waals surface area (Å²) in [6.07, 6.45) is 5.63. The number of amides is 1. The molecule has 0 spiro atoms. The van der Waals surface area contributed by atoms with E-state index in [0.717, 1.165) is 38.6 Å². The summed E-state index contributed by atoms with van der Waals surface area (Å²) in [7, 11) is 0. The number of H-pyrrole nitrogens is 2. The molecule has 0 radical (unpaired) electrons. The second-order valence-electron chi connectivity index (χ2n) is 6.38. The number of benzene rings is 1. The van der Waals surface area contributed by atoms with E-state index >= 15 is 0 Å². The molecule has 138 valence electrons. The lowest BCUT2D eigenvalue weighted by atomic mass is 10.1. The van der Waals surface area contributed by atoms with Gasteiger partial charge in [0.25, 0.3) is 0 Å². The van der Waals surface area contributed by atoms with Crippen LogP contribution in [-0.2, 0) is 11.2 Å². The summed E-state index contributed by atoms with van der Waals surface area (Å²) in [4.78, 5) is 27.5. The van der Waals surface area contributed by atoms with Crippen molar-refractivity contribution in [2.75, 3.05) is 5.32 Å². The van der Waals surface area contributed by atoms with Crippen molar-refractivity contribution in [3.8, 4) is 11.3 Å². The maximum Gasteiger partial charge on any atom is 0.230 e. The summed E-state index contributed by atoms with van der Waals surface area (Å²) < 4.78 is 0. The number of rotatable bonds is 4. The minimum atomic E-state index is -0.131. The third-order valence-electron chi connectivity index (χ3n) is 4.59. The largest absolute Gasteiger partial charge is 0.360 e. The van der Waals surface area contributed by atoms with Gasteiger partial charge < -0.3 is 15.3 Å². The number of nitrogens with one attached hydrogen (secondary N) is 3. The van der Waals surface area contributed by atoms with Gasteiger partial charge in [-0.1, -0.05) is 29.8 Å². The van der Waals surface area contributed by atoms with Crippen LogP contribution in [0.4, 0.5) is 5.13 Å². The predicted octanol–water partition coefficient (Wildman–Crippen LogP) is 5.00. The molecule has 0 aliphatic carbocycles. The van der Waals surface area contributed by atoms with Gasteiger partial charge in [-0.3, -0.25) is 4.79 Å². The topological polar surface area (TPSA) is 86.5 Å². The molecule has 0 atom stereocenters. The van der Waals surface area contributed by atoms with Crippen LogP contribution < -0.4 is 5.32 Å². The van der Waals surface area contributed by atoms with Crippen LogP contribution in [0.15, 0.2) is 54.3 Å². The lowest BCUT2D eigenvalue weighted by Gasteiger charge is -2.01. The zero-order valence-corrected chi connectivity index (χ0v) is 16.1. The zero-order chi connectivity index (χ0) is 19.1.